The smallest absolute Gasteiger partial charge is 0.248 e. The van der Waals surface area contributed by atoms with Crippen LogP contribution < -0.4 is 5.06 Å². The van der Waals surface area contributed by atoms with Crippen molar-refractivity contribution < 1.29 is 14.0 Å². The summed E-state index contributed by atoms with van der Waals surface area (Å²) in [4.78, 5) is 7.34. The number of benzene rings is 1. The monoisotopic (exact) mass is 435 g/mol. The summed E-state index contributed by atoms with van der Waals surface area (Å²) in [5.41, 5.74) is 1.15. The highest BCUT2D eigenvalue weighted by Crippen LogP contribution is 2.53. The number of thioether (sulfide) groups is 1. The molecule has 0 bridgehead atoms. The van der Waals surface area contributed by atoms with E-state index in [1.165, 1.54) is 4.90 Å². The van der Waals surface area contributed by atoms with Gasteiger partial charge < -0.3 is 9.16 Å². The van der Waals surface area contributed by atoms with E-state index in [1.807, 2.05) is 55.2 Å². The lowest BCUT2D eigenvalue weighted by atomic mass is 10.3. The third-order valence-corrected chi connectivity index (χ3v) is 11.8. The van der Waals surface area contributed by atoms with Gasteiger partial charge in [-0.25, -0.2) is 5.06 Å². The zero-order chi connectivity index (χ0) is 18.1. The summed E-state index contributed by atoms with van der Waals surface area (Å²) in [6.07, 6.45) is 1.91. The van der Waals surface area contributed by atoms with Crippen molar-refractivity contribution in [1.82, 2.24) is 0 Å². The van der Waals surface area contributed by atoms with Crippen molar-refractivity contribution in [2.45, 2.75) is 54.4 Å². The summed E-state index contributed by atoms with van der Waals surface area (Å²) < 4.78 is 11.7. The van der Waals surface area contributed by atoms with Gasteiger partial charge in [0.2, 0.25) is 9.76 Å². The van der Waals surface area contributed by atoms with E-state index in [0.29, 0.717) is 21.2 Å². The zero-order valence-corrected chi connectivity index (χ0v) is 19.2. The molecule has 0 N–H and O–H groups in total. The van der Waals surface area contributed by atoms with Gasteiger partial charge in [-0.05, 0) is 52.5 Å². The van der Waals surface area contributed by atoms with Crippen LogP contribution in [0.1, 0.15) is 33.6 Å². The van der Waals surface area contributed by atoms with Crippen LogP contribution in [0.15, 0.2) is 29.2 Å². The van der Waals surface area contributed by atoms with Crippen molar-refractivity contribution in [3.8, 4) is 0 Å². The minimum absolute atomic E-state index is 0.0699. The van der Waals surface area contributed by atoms with E-state index in [4.69, 9.17) is 14.0 Å². The number of rotatable bonds is 12. The SMILES string of the molecule is CCOC(CC)O[Si]C(CC)SSSC1Sc2ccccc2N1OC. The molecule has 0 aromatic heterocycles. The van der Waals surface area contributed by atoms with Crippen LogP contribution in [0.25, 0.3) is 0 Å². The molecule has 2 rings (SSSR count). The lowest BCUT2D eigenvalue weighted by Crippen LogP contribution is -2.25. The first-order chi connectivity index (χ1) is 12.2. The van der Waals surface area contributed by atoms with Gasteiger partial charge in [0.25, 0.3) is 0 Å². The molecule has 4 nitrogen and oxygen atoms in total. The topological polar surface area (TPSA) is 30.9 Å². The largest absolute Gasteiger partial charge is 0.392 e. The fourth-order valence-corrected chi connectivity index (χ4v) is 10.9. The molecular formula is C16H25NO3S4Si. The van der Waals surface area contributed by atoms with Gasteiger partial charge in [-0.2, -0.15) is 0 Å². The Morgan fingerprint density at radius 3 is 2.72 bits per heavy atom. The molecule has 0 saturated carbocycles. The molecule has 0 saturated heterocycles. The second-order valence-corrected chi connectivity index (χ2v) is 12.4. The summed E-state index contributed by atoms with van der Waals surface area (Å²) >= 11 is 1.84. The quantitative estimate of drug-likeness (QED) is 0.238. The number of hydroxylamine groups is 1. The summed E-state index contributed by atoms with van der Waals surface area (Å²) in [7, 11) is 7.72. The molecule has 0 aliphatic carbocycles. The second kappa shape index (κ2) is 12.1. The van der Waals surface area contributed by atoms with Gasteiger partial charge in [0.15, 0.2) is 4.71 Å². The average molecular weight is 436 g/mol. The summed E-state index contributed by atoms with van der Waals surface area (Å²) in [5.74, 6) is 0. The van der Waals surface area contributed by atoms with Crippen molar-refractivity contribution in [1.29, 1.82) is 0 Å². The van der Waals surface area contributed by atoms with Crippen LogP contribution in [0.4, 0.5) is 5.69 Å². The predicted octanol–water partition coefficient (Wildman–Crippen LogP) is 5.62. The number of nitrogens with zero attached hydrogens (tertiary/aromatic N) is 1. The van der Waals surface area contributed by atoms with Crippen molar-refractivity contribution in [2.24, 2.45) is 0 Å². The van der Waals surface area contributed by atoms with Crippen LogP contribution in [0.3, 0.4) is 0 Å². The molecule has 0 fully saturated rings. The maximum absolute atomic E-state index is 5.92. The van der Waals surface area contributed by atoms with E-state index in [9.17, 15) is 0 Å². The Balaban J connectivity index is 1.75. The highest BCUT2D eigenvalue weighted by atomic mass is 33.5. The van der Waals surface area contributed by atoms with E-state index < -0.39 is 0 Å². The van der Waals surface area contributed by atoms with Gasteiger partial charge in [0.1, 0.15) is 6.29 Å². The number of ether oxygens (including phenoxy) is 1. The third-order valence-electron chi connectivity index (χ3n) is 3.38. The van der Waals surface area contributed by atoms with Crippen molar-refractivity contribution >= 4 is 58.6 Å². The minimum Gasteiger partial charge on any atom is -0.392 e. The molecule has 1 aromatic rings. The second-order valence-electron chi connectivity index (χ2n) is 5.09. The predicted molar refractivity (Wildman–Crippen MR) is 115 cm³/mol. The summed E-state index contributed by atoms with van der Waals surface area (Å²) in [5, 5.41) is 1.99. The lowest BCUT2D eigenvalue weighted by Gasteiger charge is -2.23. The van der Waals surface area contributed by atoms with Gasteiger partial charge >= 0.3 is 0 Å². The van der Waals surface area contributed by atoms with Crippen LogP contribution >= 0.6 is 43.2 Å². The number of fused-ring (bicyclic) bond motifs is 1. The standard InChI is InChI=1S/C16H25NO3S4Si/c1-5-14(19-7-3)20-25-15(6-2)22-24-23-16-17(18-4)12-10-8-9-11-13(12)21-16/h8-11,14-16H,5-7H2,1-4H3. The molecule has 1 heterocycles. The van der Waals surface area contributed by atoms with Gasteiger partial charge in [0.05, 0.1) is 12.8 Å². The highest BCUT2D eigenvalue weighted by Gasteiger charge is 2.31. The van der Waals surface area contributed by atoms with Crippen molar-refractivity contribution in [3.63, 3.8) is 0 Å². The first kappa shape index (κ1) is 21.8. The van der Waals surface area contributed by atoms with Crippen molar-refractivity contribution in [3.05, 3.63) is 24.3 Å². The number of hydrogen-bond acceptors (Lipinski definition) is 8. The van der Waals surface area contributed by atoms with Crippen LogP contribution in [-0.2, 0) is 14.0 Å². The zero-order valence-electron chi connectivity index (χ0n) is 15.0. The molecule has 2 radical (unpaired) electrons. The van der Waals surface area contributed by atoms with Crippen LogP contribution in [-0.4, -0.2) is 39.3 Å². The lowest BCUT2D eigenvalue weighted by molar-refractivity contribution is -0.0762. The molecular weight excluding hydrogens is 411 g/mol. The Morgan fingerprint density at radius 2 is 2.04 bits per heavy atom. The Kier molecular flexibility index (Phi) is 10.5. The van der Waals surface area contributed by atoms with Crippen LogP contribution in [0.5, 0.6) is 0 Å². The van der Waals surface area contributed by atoms with Gasteiger partial charge in [0, 0.05) is 16.4 Å². The van der Waals surface area contributed by atoms with E-state index >= 15 is 0 Å². The minimum atomic E-state index is -0.0699. The first-order valence-corrected chi connectivity index (χ1v) is 13.8. The third kappa shape index (κ3) is 6.56. The maximum Gasteiger partial charge on any atom is 0.248 e. The number of hydrogen-bond donors (Lipinski definition) is 0. The Morgan fingerprint density at radius 1 is 1.24 bits per heavy atom. The molecule has 3 atom stereocenters. The normalized spacial score (nSPS) is 19.0. The first-order valence-electron chi connectivity index (χ1n) is 8.34. The molecule has 1 aliphatic heterocycles. The fraction of sp³-hybridized carbons (Fsp3) is 0.625. The molecule has 0 spiro atoms. The molecule has 1 aliphatic rings. The van der Waals surface area contributed by atoms with E-state index in [1.54, 1.807) is 7.11 Å². The number of anilines is 1. The molecule has 140 valence electrons. The highest BCUT2D eigenvalue weighted by molar-refractivity contribution is 9.10. The Bertz CT molecular complexity index is 514. The molecule has 1 aromatic carbocycles. The molecule has 9 heteroatoms. The summed E-state index contributed by atoms with van der Waals surface area (Å²) in [6, 6.07) is 8.37. The van der Waals surface area contributed by atoms with E-state index in [0.717, 1.165) is 18.5 Å². The van der Waals surface area contributed by atoms with Gasteiger partial charge in [-0.15, -0.1) is 0 Å². The number of para-hydroxylation sites is 1. The Hall–Kier alpha value is 0.517. The summed E-state index contributed by atoms with van der Waals surface area (Å²) in [6.45, 7) is 7.01. The molecule has 0 amide bonds. The fourth-order valence-electron chi connectivity index (χ4n) is 2.10. The van der Waals surface area contributed by atoms with E-state index in [-0.39, 0.29) is 11.0 Å². The van der Waals surface area contributed by atoms with Gasteiger partial charge in [-0.1, -0.05) is 48.5 Å². The molecule has 3 unspecified atom stereocenters. The Labute approximate surface area is 169 Å². The van der Waals surface area contributed by atoms with E-state index in [2.05, 4.69) is 38.1 Å². The van der Waals surface area contributed by atoms with Gasteiger partial charge in [-0.3, -0.25) is 4.84 Å². The van der Waals surface area contributed by atoms with Crippen molar-refractivity contribution in [2.75, 3.05) is 18.8 Å². The maximum atomic E-state index is 5.92. The van der Waals surface area contributed by atoms with Crippen LogP contribution in [0, 0.1) is 0 Å². The van der Waals surface area contributed by atoms with Crippen LogP contribution in [0.2, 0.25) is 0 Å². The molecule has 25 heavy (non-hydrogen) atoms. The average Bonchev–Trinajstić information content (AvgIpc) is 3.00.